The van der Waals surface area contributed by atoms with Crippen LogP contribution in [0.4, 0.5) is 13.2 Å². The van der Waals surface area contributed by atoms with E-state index in [-0.39, 0.29) is 15.1 Å². The molecular weight excluding hydrogens is 284 g/mol. The zero-order valence-corrected chi connectivity index (χ0v) is 8.87. The van der Waals surface area contributed by atoms with E-state index < -0.39 is 11.7 Å². The summed E-state index contributed by atoms with van der Waals surface area (Å²) in [4.78, 5) is 10.4. The van der Waals surface area contributed by atoms with Gasteiger partial charge in [-0.3, -0.25) is 4.79 Å². The van der Waals surface area contributed by atoms with Crippen LogP contribution in [0.5, 0.6) is 0 Å². The Bertz CT molecular complexity index is 376. The molecule has 1 nitrogen and oxygen atoms in total. The molecule has 0 fully saturated rings. The lowest BCUT2D eigenvalue weighted by Gasteiger charge is -2.10. The second kappa shape index (κ2) is 3.90. The van der Waals surface area contributed by atoms with Crippen LogP contribution in [0.3, 0.4) is 0 Å². The van der Waals surface area contributed by atoms with Crippen LogP contribution in [0.2, 0.25) is 5.02 Å². The zero-order valence-electron chi connectivity index (χ0n) is 6.53. The minimum absolute atomic E-state index is 0.0199. The van der Waals surface area contributed by atoms with Crippen molar-refractivity contribution in [1.29, 1.82) is 0 Å². The van der Waals surface area contributed by atoms with E-state index in [1.807, 2.05) is 0 Å². The van der Waals surface area contributed by atoms with Gasteiger partial charge in [-0.05, 0) is 12.1 Å². The van der Waals surface area contributed by atoms with Crippen molar-refractivity contribution < 1.29 is 18.0 Å². The van der Waals surface area contributed by atoms with E-state index in [1.165, 1.54) is 0 Å². The molecule has 0 N–H and O–H groups in total. The molecule has 0 aromatic heterocycles. The molecule has 14 heavy (non-hydrogen) atoms. The third-order valence-corrected chi connectivity index (χ3v) is 2.50. The summed E-state index contributed by atoms with van der Waals surface area (Å²) in [5, 5.41) is -0.212. The highest BCUT2D eigenvalue weighted by Crippen LogP contribution is 2.37. The van der Waals surface area contributed by atoms with Crippen molar-refractivity contribution >= 4 is 33.8 Å². The van der Waals surface area contributed by atoms with E-state index in [9.17, 15) is 18.0 Å². The van der Waals surface area contributed by atoms with Crippen LogP contribution in [-0.2, 0) is 6.18 Å². The van der Waals surface area contributed by atoms with Crippen LogP contribution >= 0.6 is 27.5 Å². The SMILES string of the molecule is O=Cc1cc(Br)c(C(F)(F)F)cc1Cl. The van der Waals surface area contributed by atoms with Gasteiger partial charge in [0.05, 0.1) is 10.6 Å². The van der Waals surface area contributed by atoms with Crippen LogP contribution < -0.4 is 0 Å². The van der Waals surface area contributed by atoms with Gasteiger partial charge in [0.2, 0.25) is 0 Å². The highest BCUT2D eigenvalue weighted by Gasteiger charge is 2.33. The Balaban J connectivity index is 3.36. The number of aldehydes is 1. The lowest BCUT2D eigenvalue weighted by atomic mass is 10.1. The number of halogens is 5. The third-order valence-electron chi connectivity index (χ3n) is 1.52. The summed E-state index contributed by atoms with van der Waals surface area (Å²) in [6, 6.07) is 1.76. The molecule has 0 spiro atoms. The van der Waals surface area contributed by atoms with Gasteiger partial charge in [0, 0.05) is 10.0 Å². The Morgan fingerprint density at radius 1 is 1.36 bits per heavy atom. The van der Waals surface area contributed by atoms with E-state index in [4.69, 9.17) is 11.6 Å². The number of hydrogen-bond acceptors (Lipinski definition) is 1. The fraction of sp³-hybridized carbons (Fsp3) is 0.125. The second-order valence-corrected chi connectivity index (χ2v) is 3.73. The highest BCUT2D eigenvalue weighted by molar-refractivity contribution is 9.10. The molecule has 0 bridgehead atoms. The molecule has 6 heteroatoms. The maximum Gasteiger partial charge on any atom is 0.417 e. The lowest BCUT2D eigenvalue weighted by molar-refractivity contribution is -0.138. The van der Waals surface area contributed by atoms with Crippen molar-refractivity contribution in [2.24, 2.45) is 0 Å². The van der Waals surface area contributed by atoms with Gasteiger partial charge in [-0.1, -0.05) is 27.5 Å². The Hall–Kier alpha value is -0.550. The van der Waals surface area contributed by atoms with Crippen molar-refractivity contribution in [1.82, 2.24) is 0 Å². The quantitative estimate of drug-likeness (QED) is 0.715. The molecule has 0 aliphatic rings. The maximum atomic E-state index is 12.3. The minimum atomic E-state index is -4.48. The minimum Gasteiger partial charge on any atom is -0.298 e. The summed E-state index contributed by atoms with van der Waals surface area (Å²) in [5.74, 6) is 0. The molecule has 0 heterocycles. The van der Waals surface area contributed by atoms with Crippen molar-refractivity contribution in [3.8, 4) is 0 Å². The molecule has 1 aromatic carbocycles. The molecule has 0 atom stereocenters. The Morgan fingerprint density at radius 2 is 1.93 bits per heavy atom. The van der Waals surface area contributed by atoms with Crippen LogP contribution in [-0.4, -0.2) is 6.29 Å². The standard InChI is InChI=1S/C8H3BrClF3O/c9-6-1-4(3-14)7(10)2-5(6)8(11,12)13/h1-3H. The highest BCUT2D eigenvalue weighted by atomic mass is 79.9. The van der Waals surface area contributed by atoms with Gasteiger partial charge in [-0.15, -0.1) is 0 Å². The molecule has 1 rings (SSSR count). The number of rotatable bonds is 1. The molecule has 0 amide bonds. The first-order chi connectivity index (χ1) is 6.36. The van der Waals surface area contributed by atoms with Crippen LogP contribution in [0.1, 0.15) is 15.9 Å². The number of alkyl halides is 3. The van der Waals surface area contributed by atoms with Crippen molar-refractivity contribution in [2.45, 2.75) is 6.18 Å². The molecule has 0 aliphatic heterocycles. The van der Waals surface area contributed by atoms with Gasteiger partial charge >= 0.3 is 6.18 Å². The molecular formula is C8H3BrClF3O. The molecule has 76 valence electrons. The predicted octanol–water partition coefficient (Wildman–Crippen LogP) is 3.93. The normalized spacial score (nSPS) is 11.5. The first-order valence-corrected chi connectivity index (χ1v) is 4.54. The molecule has 0 aliphatic carbocycles. The van der Waals surface area contributed by atoms with Gasteiger partial charge in [0.25, 0.3) is 0 Å². The topological polar surface area (TPSA) is 17.1 Å². The van der Waals surface area contributed by atoms with Gasteiger partial charge in [0.15, 0.2) is 6.29 Å². The van der Waals surface area contributed by atoms with Gasteiger partial charge in [-0.2, -0.15) is 13.2 Å². The van der Waals surface area contributed by atoms with E-state index in [0.717, 1.165) is 12.1 Å². The number of benzene rings is 1. The summed E-state index contributed by atoms with van der Waals surface area (Å²) in [7, 11) is 0. The van der Waals surface area contributed by atoms with E-state index in [1.54, 1.807) is 0 Å². The van der Waals surface area contributed by atoms with Crippen molar-refractivity contribution in [3.63, 3.8) is 0 Å². The second-order valence-electron chi connectivity index (χ2n) is 2.47. The Kier molecular flexibility index (Phi) is 3.21. The number of carbonyl (C=O) groups excluding carboxylic acids is 1. The summed E-state index contributed by atoms with van der Waals surface area (Å²) in [6.07, 6.45) is -4.09. The Labute approximate surface area is 91.0 Å². The summed E-state index contributed by atoms with van der Waals surface area (Å²) in [5.41, 5.74) is -0.875. The smallest absolute Gasteiger partial charge is 0.298 e. The maximum absolute atomic E-state index is 12.3. The fourth-order valence-corrected chi connectivity index (χ4v) is 1.66. The largest absolute Gasteiger partial charge is 0.417 e. The van der Waals surface area contributed by atoms with Gasteiger partial charge < -0.3 is 0 Å². The van der Waals surface area contributed by atoms with Crippen molar-refractivity contribution in [3.05, 3.63) is 32.8 Å². The third kappa shape index (κ3) is 2.27. The molecule has 0 radical (unpaired) electrons. The predicted molar refractivity (Wildman–Crippen MR) is 49.5 cm³/mol. The van der Waals surface area contributed by atoms with Gasteiger partial charge in [-0.25, -0.2) is 0 Å². The molecule has 0 unspecified atom stereocenters. The number of hydrogen-bond donors (Lipinski definition) is 0. The van der Waals surface area contributed by atoms with Crippen molar-refractivity contribution in [2.75, 3.05) is 0 Å². The van der Waals surface area contributed by atoms with Crippen LogP contribution in [0.25, 0.3) is 0 Å². The Morgan fingerprint density at radius 3 is 2.36 bits per heavy atom. The van der Waals surface area contributed by atoms with Gasteiger partial charge in [0.1, 0.15) is 0 Å². The first-order valence-electron chi connectivity index (χ1n) is 3.37. The van der Waals surface area contributed by atoms with Crippen LogP contribution in [0, 0.1) is 0 Å². The average molecular weight is 287 g/mol. The number of carbonyl (C=O) groups is 1. The summed E-state index contributed by atoms with van der Waals surface area (Å²) >= 11 is 8.18. The first kappa shape index (κ1) is 11.5. The van der Waals surface area contributed by atoms with Crippen LogP contribution in [0.15, 0.2) is 16.6 Å². The monoisotopic (exact) mass is 286 g/mol. The summed E-state index contributed by atoms with van der Waals surface area (Å²) < 4.78 is 36.7. The zero-order chi connectivity index (χ0) is 10.9. The molecule has 0 saturated heterocycles. The van der Waals surface area contributed by atoms with E-state index in [2.05, 4.69) is 15.9 Å². The summed E-state index contributed by atoms with van der Waals surface area (Å²) in [6.45, 7) is 0. The lowest BCUT2D eigenvalue weighted by Crippen LogP contribution is -2.06. The molecule has 1 aromatic rings. The molecule has 0 saturated carbocycles. The average Bonchev–Trinajstić information content (AvgIpc) is 2.06. The fourth-order valence-electron chi connectivity index (χ4n) is 0.870. The van der Waals surface area contributed by atoms with E-state index >= 15 is 0 Å². The van der Waals surface area contributed by atoms with E-state index in [0.29, 0.717) is 6.29 Å².